The number of carbonyl (C=O) groups is 3. The number of amides is 1. The third-order valence-electron chi connectivity index (χ3n) is 5.86. The van der Waals surface area contributed by atoms with Crippen molar-refractivity contribution in [2.24, 2.45) is 0 Å². The second kappa shape index (κ2) is 8.91. The molecule has 2 heterocycles. The lowest BCUT2D eigenvalue weighted by Crippen LogP contribution is -2.31. The summed E-state index contributed by atoms with van der Waals surface area (Å²) >= 11 is 1.25. The molecule has 1 amide bonds. The van der Waals surface area contributed by atoms with Crippen LogP contribution >= 0.6 is 11.3 Å². The van der Waals surface area contributed by atoms with Crippen molar-refractivity contribution in [1.82, 2.24) is 0 Å². The van der Waals surface area contributed by atoms with Crippen LogP contribution in [0.2, 0.25) is 0 Å². The third-order valence-corrected chi connectivity index (χ3v) is 6.73. The molecule has 1 aromatic heterocycles. The van der Waals surface area contributed by atoms with Crippen LogP contribution in [-0.4, -0.2) is 27.9 Å². The van der Waals surface area contributed by atoms with Gasteiger partial charge in [0.05, 0.1) is 22.9 Å². The van der Waals surface area contributed by atoms with E-state index in [0.29, 0.717) is 21.7 Å². The number of thiophene rings is 1. The Labute approximate surface area is 201 Å². The molecule has 1 aliphatic heterocycles. The Kier molecular flexibility index (Phi) is 6.15. The number of nitrogens with zero attached hydrogens (tertiary/aromatic N) is 1. The fraction of sp³-hybridized carbons (Fsp3) is 0.222. The van der Waals surface area contributed by atoms with E-state index in [9.17, 15) is 19.5 Å². The second-order valence-corrected chi connectivity index (χ2v) is 10.2. The lowest BCUT2D eigenvalue weighted by atomic mass is 9.85. The average Bonchev–Trinajstić information content (AvgIpc) is 3.41. The standard InChI is InChI=1S/C27H25NO5S/c1-27(2,3)18-10-8-17(9-11-18)23-22(24(31)20-5-4-14-34-20)25(32)26(33)28(23)19-12-6-16(7-13-19)15-21(29)30/h4-14,23,32H,15H2,1-3H3,(H,29,30). The van der Waals surface area contributed by atoms with Crippen molar-refractivity contribution in [1.29, 1.82) is 0 Å². The van der Waals surface area contributed by atoms with Crippen LogP contribution < -0.4 is 4.90 Å². The van der Waals surface area contributed by atoms with Crippen molar-refractivity contribution in [3.63, 3.8) is 0 Å². The minimum atomic E-state index is -0.954. The molecule has 0 radical (unpaired) electrons. The van der Waals surface area contributed by atoms with E-state index in [1.807, 2.05) is 24.3 Å². The third kappa shape index (κ3) is 4.39. The van der Waals surface area contributed by atoms with E-state index >= 15 is 0 Å². The van der Waals surface area contributed by atoms with Gasteiger partial charge in [-0.05, 0) is 45.7 Å². The number of anilines is 1. The van der Waals surface area contributed by atoms with Crippen LogP contribution in [0.1, 0.15) is 53.2 Å². The number of carboxylic acid groups (broad SMARTS) is 1. The van der Waals surface area contributed by atoms with Gasteiger partial charge in [0.2, 0.25) is 5.78 Å². The summed E-state index contributed by atoms with van der Waals surface area (Å²) in [6, 6.07) is 16.8. The van der Waals surface area contributed by atoms with E-state index in [1.165, 1.54) is 16.2 Å². The lowest BCUT2D eigenvalue weighted by molar-refractivity contribution is -0.136. The summed E-state index contributed by atoms with van der Waals surface area (Å²) in [6.07, 6.45) is -0.141. The molecule has 0 saturated carbocycles. The Morgan fingerprint density at radius 3 is 2.18 bits per heavy atom. The number of hydrogen-bond donors (Lipinski definition) is 2. The van der Waals surface area contributed by atoms with Crippen molar-refractivity contribution in [2.45, 2.75) is 38.6 Å². The molecule has 7 heteroatoms. The van der Waals surface area contributed by atoms with Crippen LogP contribution in [0, 0.1) is 0 Å². The molecule has 2 aromatic carbocycles. The van der Waals surface area contributed by atoms with Crippen molar-refractivity contribution in [3.05, 3.63) is 98.9 Å². The van der Waals surface area contributed by atoms with Crippen LogP contribution in [0.4, 0.5) is 5.69 Å². The number of carboxylic acids is 1. The molecular formula is C27H25NO5S. The monoisotopic (exact) mass is 475 g/mol. The van der Waals surface area contributed by atoms with E-state index in [4.69, 9.17) is 5.11 Å². The van der Waals surface area contributed by atoms with Gasteiger partial charge in [0, 0.05) is 5.69 Å². The zero-order chi connectivity index (χ0) is 24.6. The van der Waals surface area contributed by atoms with Gasteiger partial charge < -0.3 is 10.2 Å². The normalized spacial score (nSPS) is 16.3. The first kappa shape index (κ1) is 23.4. The maximum atomic E-state index is 13.4. The fourth-order valence-corrected chi connectivity index (χ4v) is 4.75. The quantitative estimate of drug-likeness (QED) is 0.462. The number of aliphatic carboxylic acids is 1. The number of hydrogen-bond acceptors (Lipinski definition) is 5. The Bertz CT molecular complexity index is 1270. The molecule has 4 rings (SSSR count). The number of aliphatic hydroxyl groups excluding tert-OH is 1. The number of aliphatic hydroxyl groups is 1. The molecule has 1 aliphatic rings. The Morgan fingerprint density at radius 2 is 1.65 bits per heavy atom. The van der Waals surface area contributed by atoms with Gasteiger partial charge in [0.25, 0.3) is 5.91 Å². The summed E-state index contributed by atoms with van der Waals surface area (Å²) in [7, 11) is 0. The number of rotatable bonds is 6. The predicted octanol–water partition coefficient (Wildman–Crippen LogP) is 5.46. The van der Waals surface area contributed by atoms with E-state index in [1.54, 1.807) is 41.8 Å². The topological polar surface area (TPSA) is 94.9 Å². The zero-order valence-electron chi connectivity index (χ0n) is 19.1. The molecule has 0 spiro atoms. The summed E-state index contributed by atoms with van der Waals surface area (Å²) in [5, 5.41) is 21.7. The molecule has 174 valence electrons. The molecule has 0 aliphatic carbocycles. The summed E-state index contributed by atoms with van der Waals surface area (Å²) < 4.78 is 0. The number of Topliss-reactive ketones (excluding diaryl/α,β-unsaturated/α-hetero) is 1. The summed E-state index contributed by atoms with van der Waals surface area (Å²) in [4.78, 5) is 39.5. The van der Waals surface area contributed by atoms with Gasteiger partial charge in [0.1, 0.15) is 0 Å². The Hall–Kier alpha value is -3.71. The van der Waals surface area contributed by atoms with Crippen molar-refractivity contribution < 1.29 is 24.6 Å². The van der Waals surface area contributed by atoms with Gasteiger partial charge in [0.15, 0.2) is 5.76 Å². The average molecular weight is 476 g/mol. The molecule has 34 heavy (non-hydrogen) atoms. The maximum Gasteiger partial charge on any atom is 0.307 e. The molecular weight excluding hydrogens is 450 g/mol. The summed E-state index contributed by atoms with van der Waals surface area (Å²) in [5.41, 5.74) is 2.80. The molecule has 2 N–H and O–H groups in total. The van der Waals surface area contributed by atoms with E-state index in [0.717, 1.165) is 5.56 Å². The molecule has 0 saturated heterocycles. The maximum absolute atomic E-state index is 13.4. The van der Waals surface area contributed by atoms with Gasteiger partial charge in [-0.3, -0.25) is 19.3 Å². The van der Waals surface area contributed by atoms with Crippen molar-refractivity contribution in [2.75, 3.05) is 4.90 Å². The first-order valence-corrected chi connectivity index (χ1v) is 11.7. The van der Waals surface area contributed by atoms with E-state index in [-0.39, 0.29) is 17.4 Å². The van der Waals surface area contributed by atoms with Crippen LogP contribution in [-0.2, 0) is 21.4 Å². The highest BCUT2D eigenvalue weighted by Gasteiger charge is 2.44. The molecule has 6 nitrogen and oxygen atoms in total. The van der Waals surface area contributed by atoms with Gasteiger partial charge in [-0.25, -0.2) is 0 Å². The fourth-order valence-electron chi connectivity index (χ4n) is 4.07. The molecule has 3 aromatic rings. The Morgan fingerprint density at radius 1 is 1.00 bits per heavy atom. The highest BCUT2D eigenvalue weighted by Crippen LogP contribution is 2.42. The smallest absolute Gasteiger partial charge is 0.307 e. The number of ketones is 1. The van der Waals surface area contributed by atoms with Gasteiger partial charge >= 0.3 is 5.97 Å². The molecule has 1 atom stereocenters. The Balaban J connectivity index is 1.81. The molecule has 1 unspecified atom stereocenters. The first-order chi connectivity index (χ1) is 16.1. The largest absolute Gasteiger partial charge is 0.503 e. The molecule has 0 fully saturated rings. The molecule has 0 bridgehead atoms. The van der Waals surface area contributed by atoms with Gasteiger partial charge in [-0.15, -0.1) is 11.3 Å². The van der Waals surface area contributed by atoms with Crippen LogP contribution in [0.25, 0.3) is 0 Å². The highest BCUT2D eigenvalue weighted by molar-refractivity contribution is 7.12. The van der Waals surface area contributed by atoms with E-state index < -0.39 is 29.5 Å². The lowest BCUT2D eigenvalue weighted by Gasteiger charge is -2.28. The van der Waals surface area contributed by atoms with Crippen LogP contribution in [0.3, 0.4) is 0 Å². The minimum absolute atomic E-state index is 0.0329. The number of carbonyl (C=O) groups excluding carboxylic acids is 2. The van der Waals surface area contributed by atoms with Crippen molar-refractivity contribution >= 4 is 34.7 Å². The summed E-state index contributed by atoms with van der Waals surface area (Å²) in [5.74, 6) is -2.59. The number of benzene rings is 2. The summed E-state index contributed by atoms with van der Waals surface area (Å²) in [6.45, 7) is 6.30. The van der Waals surface area contributed by atoms with Gasteiger partial charge in [-0.1, -0.05) is 63.2 Å². The van der Waals surface area contributed by atoms with Crippen LogP contribution in [0.5, 0.6) is 0 Å². The van der Waals surface area contributed by atoms with Gasteiger partial charge in [-0.2, -0.15) is 0 Å². The first-order valence-electron chi connectivity index (χ1n) is 10.8. The zero-order valence-corrected chi connectivity index (χ0v) is 19.9. The van der Waals surface area contributed by atoms with Crippen molar-refractivity contribution in [3.8, 4) is 0 Å². The van der Waals surface area contributed by atoms with Crippen LogP contribution in [0.15, 0.2) is 77.4 Å². The van der Waals surface area contributed by atoms with E-state index in [2.05, 4.69) is 20.8 Å². The SMILES string of the molecule is CC(C)(C)c1ccc(C2C(C(=O)c3cccs3)=C(O)C(=O)N2c2ccc(CC(=O)O)cc2)cc1. The minimum Gasteiger partial charge on any atom is -0.503 e. The highest BCUT2D eigenvalue weighted by atomic mass is 32.1. The second-order valence-electron chi connectivity index (χ2n) is 9.26. The predicted molar refractivity (Wildman–Crippen MR) is 131 cm³/mol.